The molecule has 1 atom stereocenters. The van der Waals surface area contributed by atoms with E-state index in [0.717, 1.165) is 0 Å². The molecule has 20 heavy (non-hydrogen) atoms. The Bertz CT molecular complexity index is 556. The van der Waals surface area contributed by atoms with Crippen LogP contribution in [0.25, 0.3) is 0 Å². The van der Waals surface area contributed by atoms with Gasteiger partial charge in [-0.15, -0.1) is 0 Å². The number of aliphatic carboxylic acids is 1. The molecule has 0 aliphatic rings. The minimum atomic E-state index is -3.81. The molecule has 1 unspecified atom stereocenters. The highest BCUT2D eigenvalue weighted by Crippen LogP contribution is 2.23. The number of benzene rings is 1. The minimum absolute atomic E-state index is 0.00833. The molecule has 1 aromatic carbocycles. The number of carboxylic acids is 1. The summed E-state index contributed by atoms with van der Waals surface area (Å²) in [6.45, 7) is 1.87. The van der Waals surface area contributed by atoms with E-state index in [1.807, 2.05) is 6.92 Å². The normalized spacial score (nSPS) is 12.9. The van der Waals surface area contributed by atoms with Crippen molar-refractivity contribution in [1.29, 1.82) is 0 Å². The van der Waals surface area contributed by atoms with Crippen molar-refractivity contribution in [2.75, 3.05) is 7.11 Å². The summed E-state index contributed by atoms with van der Waals surface area (Å²) in [6.07, 6.45) is 0.898. The van der Waals surface area contributed by atoms with Gasteiger partial charge in [0.25, 0.3) is 0 Å². The van der Waals surface area contributed by atoms with Gasteiger partial charge in [-0.05, 0) is 18.6 Å². The summed E-state index contributed by atoms with van der Waals surface area (Å²) in [5.74, 6) is -0.809. The van der Waals surface area contributed by atoms with E-state index >= 15 is 0 Å². The van der Waals surface area contributed by atoms with Crippen molar-refractivity contribution in [3.8, 4) is 5.75 Å². The largest absolute Gasteiger partial charge is 0.495 e. The number of rotatable bonds is 8. The number of nitrogens with one attached hydrogen (secondary N) is 1. The molecule has 112 valence electrons. The van der Waals surface area contributed by atoms with Crippen LogP contribution in [0.1, 0.15) is 26.2 Å². The highest BCUT2D eigenvalue weighted by molar-refractivity contribution is 7.89. The van der Waals surface area contributed by atoms with Crippen LogP contribution >= 0.6 is 0 Å². The molecular formula is C13H19NO5S. The predicted molar refractivity (Wildman–Crippen MR) is 74.3 cm³/mol. The van der Waals surface area contributed by atoms with E-state index < -0.39 is 22.0 Å². The van der Waals surface area contributed by atoms with Crippen LogP contribution in [0, 0.1) is 0 Å². The maximum atomic E-state index is 12.3. The molecule has 7 heteroatoms. The molecule has 0 amide bonds. The molecule has 0 radical (unpaired) electrons. The van der Waals surface area contributed by atoms with Crippen LogP contribution in [0.2, 0.25) is 0 Å². The molecular weight excluding hydrogens is 282 g/mol. The van der Waals surface area contributed by atoms with Gasteiger partial charge in [-0.25, -0.2) is 13.1 Å². The third-order valence-corrected chi connectivity index (χ3v) is 4.30. The zero-order valence-electron chi connectivity index (χ0n) is 11.5. The number of methoxy groups -OCH3 is 1. The maximum absolute atomic E-state index is 12.3. The smallest absolute Gasteiger partial charge is 0.304 e. The zero-order chi connectivity index (χ0) is 15.2. The van der Waals surface area contributed by atoms with Crippen LogP contribution in [0.15, 0.2) is 29.2 Å². The number of hydrogen-bond donors (Lipinski definition) is 2. The molecule has 0 spiro atoms. The first kappa shape index (κ1) is 16.5. The van der Waals surface area contributed by atoms with Crippen molar-refractivity contribution in [1.82, 2.24) is 4.72 Å². The van der Waals surface area contributed by atoms with Crippen LogP contribution in [0.3, 0.4) is 0 Å². The van der Waals surface area contributed by atoms with Crippen LogP contribution in [0.5, 0.6) is 5.75 Å². The van der Waals surface area contributed by atoms with Gasteiger partial charge in [-0.3, -0.25) is 4.79 Å². The molecule has 0 saturated heterocycles. The van der Waals surface area contributed by atoms with E-state index in [1.54, 1.807) is 18.2 Å². The molecule has 0 fully saturated rings. The number of ether oxygens (including phenoxy) is 1. The molecule has 1 aromatic rings. The minimum Gasteiger partial charge on any atom is -0.495 e. The highest BCUT2D eigenvalue weighted by Gasteiger charge is 2.24. The lowest BCUT2D eigenvalue weighted by molar-refractivity contribution is -0.137. The monoisotopic (exact) mass is 301 g/mol. The van der Waals surface area contributed by atoms with Crippen molar-refractivity contribution in [3.63, 3.8) is 0 Å². The molecule has 0 heterocycles. The predicted octanol–water partition coefficient (Wildman–Crippen LogP) is 1.62. The molecule has 1 rings (SSSR count). The maximum Gasteiger partial charge on any atom is 0.304 e. The van der Waals surface area contributed by atoms with Crippen molar-refractivity contribution in [2.45, 2.75) is 37.1 Å². The Labute approximate surface area is 118 Å². The van der Waals surface area contributed by atoms with E-state index in [2.05, 4.69) is 4.72 Å². The van der Waals surface area contributed by atoms with Gasteiger partial charge in [0.15, 0.2) is 0 Å². The lowest BCUT2D eigenvalue weighted by atomic mass is 10.1. The Morgan fingerprint density at radius 3 is 2.60 bits per heavy atom. The number of hydrogen-bond acceptors (Lipinski definition) is 4. The number of carboxylic acid groups (broad SMARTS) is 1. The number of carbonyl (C=O) groups is 1. The molecule has 6 nitrogen and oxygen atoms in total. The third kappa shape index (κ3) is 4.50. The van der Waals surface area contributed by atoms with E-state index in [1.165, 1.54) is 13.2 Å². The Morgan fingerprint density at radius 1 is 1.40 bits per heavy atom. The van der Waals surface area contributed by atoms with E-state index in [4.69, 9.17) is 9.84 Å². The van der Waals surface area contributed by atoms with E-state index in [-0.39, 0.29) is 17.1 Å². The van der Waals surface area contributed by atoms with Crippen molar-refractivity contribution in [2.24, 2.45) is 0 Å². The Balaban J connectivity index is 3.00. The van der Waals surface area contributed by atoms with Gasteiger partial charge in [0.2, 0.25) is 10.0 Å². The first-order valence-corrected chi connectivity index (χ1v) is 7.76. The van der Waals surface area contributed by atoms with Gasteiger partial charge in [0, 0.05) is 6.04 Å². The standard InChI is InChI=1S/C13H19NO5S/c1-3-6-10(9-13(15)16)14-20(17,18)12-8-5-4-7-11(12)19-2/h4-5,7-8,10,14H,3,6,9H2,1-2H3,(H,15,16). The highest BCUT2D eigenvalue weighted by atomic mass is 32.2. The number of para-hydroxylation sites is 1. The fourth-order valence-corrected chi connectivity index (χ4v) is 3.33. The Hall–Kier alpha value is -1.60. The van der Waals surface area contributed by atoms with E-state index in [9.17, 15) is 13.2 Å². The third-order valence-electron chi connectivity index (χ3n) is 2.74. The van der Waals surface area contributed by atoms with Crippen LogP contribution < -0.4 is 9.46 Å². The van der Waals surface area contributed by atoms with Crippen molar-refractivity contribution in [3.05, 3.63) is 24.3 Å². The lowest BCUT2D eigenvalue weighted by Gasteiger charge is -2.17. The summed E-state index contributed by atoms with van der Waals surface area (Å²) in [5.41, 5.74) is 0. The first-order valence-electron chi connectivity index (χ1n) is 6.27. The van der Waals surface area contributed by atoms with Gasteiger partial charge in [0.05, 0.1) is 13.5 Å². The summed E-state index contributed by atoms with van der Waals surface area (Å²) < 4.78 is 32.0. The van der Waals surface area contributed by atoms with Gasteiger partial charge in [-0.2, -0.15) is 0 Å². The summed E-state index contributed by atoms with van der Waals surface area (Å²) >= 11 is 0. The molecule has 0 aromatic heterocycles. The number of sulfonamides is 1. The first-order chi connectivity index (χ1) is 9.40. The van der Waals surface area contributed by atoms with Gasteiger partial charge in [0.1, 0.15) is 10.6 Å². The van der Waals surface area contributed by atoms with Gasteiger partial charge < -0.3 is 9.84 Å². The lowest BCUT2D eigenvalue weighted by Crippen LogP contribution is -2.36. The molecule has 0 bridgehead atoms. The van der Waals surface area contributed by atoms with Crippen molar-refractivity contribution >= 4 is 16.0 Å². The molecule has 2 N–H and O–H groups in total. The Kier molecular flexibility index (Phi) is 5.97. The Morgan fingerprint density at radius 2 is 2.05 bits per heavy atom. The van der Waals surface area contributed by atoms with Gasteiger partial charge >= 0.3 is 5.97 Å². The van der Waals surface area contributed by atoms with Crippen molar-refractivity contribution < 1.29 is 23.1 Å². The second kappa shape index (κ2) is 7.25. The average molecular weight is 301 g/mol. The second-order valence-electron chi connectivity index (χ2n) is 4.36. The molecule has 0 aliphatic carbocycles. The molecule has 0 saturated carbocycles. The average Bonchev–Trinajstić information content (AvgIpc) is 2.37. The fourth-order valence-electron chi connectivity index (χ4n) is 1.89. The summed E-state index contributed by atoms with van der Waals surface area (Å²) in [7, 11) is -2.42. The second-order valence-corrected chi connectivity index (χ2v) is 6.04. The fraction of sp³-hybridized carbons (Fsp3) is 0.462. The van der Waals surface area contributed by atoms with Crippen LogP contribution in [0.4, 0.5) is 0 Å². The summed E-state index contributed by atoms with van der Waals surface area (Å²) in [6, 6.07) is 5.58. The van der Waals surface area contributed by atoms with Crippen LogP contribution in [-0.4, -0.2) is 32.6 Å². The zero-order valence-corrected chi connectivity index (χ0v) is 12.3. The van der Waals surface area contributed by atoms with E-state index in [0.29, 0.717) is 12.8 Å². The van der Waals surface area contributed by atoms with Crippen LogP contribution in [-0.2, 0) is 14.8 Å². The summed E-state index contributed by atoms with van der Waals surface area (Å²) in [5, 5.41) is 8.82. The SMILES string of the molecule is CCCC(CC(=O)O)NS(=O)(=O)c1ccccc1OC. The molecule has 0 aliphatic heterocycles. The quantitative estimate of drug-likeness (QED) is 0.761. The van der Waals surface area contributed by atoms with Gasteiger partial charge in [-0.1, -0.05) is 25.5 Å². The topological polar surface area (TPSA) is 92.7 Å². The summed E-state index contributed by atoms with van der Waals surface area (Å²) in [4.78, 5) is 10.8.